The summed E-state index contributed by atoms with van der Waals surface area (Å²) in [5.41, 5.74) is 1.14. The van der Waals surface area contributed by atoms with Gasteiger partial charge in [-0.05, 0) is 12.1 Å². The largest absolute Gasteiger partial charge is 0.495 e. The first kappa shape index (κ1) is 15.4. The summed E-state index contributed by atoms with van der Waals surface area (Å²) in [5.74, 6) is 2.69. The zero-order valence-electron chi connectivity index (χ0n) is 14.1. The number of piperazine rings is 1. The van der Waals surface area contributed by atoms with E-state index in [4.69, 9.17) is 4.74 Å². The topological polar surface area (TPSA) is 59.3 Å². The molecular formula is C18H20N6O. The third kappa shape index (κ3) is 3.13. The van der Waals surface area contributed by atoms with E-state index in [9.17, 15) is 0 Å². The summed E-state index contributed by atoms with van der Waals surface area (Å²) in [4.78, 5) is 17.5. The fourth-order valence-corrected chi connectivity index (χ4v) is 3.11. The molecule has 0 aliphatic carbocycles. The number of ether oxygens (including phenoxy) is 1. The van der Waals surface area contributed by atoms with Crippen molar-refractivity contribution in [2.75, 3.05) is 43.1 Å². The normalized spacial score (nSPS) is 14.6. The number of para-hydroxylation sites is 2. The van der Waals surface area contributed by atoms with Gasteiger partial charge >= 0.3 is 0 Å². The second-order valence-corrected chi connectivity index (χ2v) is 5.85. The Morgan fingerprint density at radius 3 is 2.48 bits per heavy atom. The van der Waals surface area contributed by atoms with Crippen LogP contribution in [0.2, 0.25) is 0 Å². The van der Waals surface area contributed by atoms with Crippen LogP contribution in [0.3, 0.4) is 0 Å². The molecule has 7 heteroatoms. The Morgan fingerprint density at radius 2 is 1.72 bits per heavy atom. The Labute approximate surface area is 146 Å². The minimum absolute atomic E-state index is 0.828. The molecule has 3 heterocycles. The van der Waals surface area contributed by atoms with Gasteiger partial charge in [-0.2, -0.15) is 0 Å². The van der Waals surface area contributed by atoms with Gasteiger partial charge in [0.25, 0.3) is 0 Å². The van der Waals surface area contributed by atoms with Crippen molar-refractivity contribution in [2.24, 2.45) is 0 Å². The molecule has 1 aromatic carbocycles. The minimum Gasteiger partial charge on any atom is -0.495 e. The van der Waals surface area contributed by atoms with E-state index in [1.54, 1.807) is 26.0 Å². The van der Waals surface area contributed by atoms with Crippen molar-refractivity contribution in [2.45, 2.75) is 0 Å². The third-order valence-electron chi connectivity index (χ3n) is 4.44. The van der Waals surface area contributed by atoms with Crippen LogP contribution in [-0.2, 0) is 0 Å². The van der Waals surface area contributed by atoms with Crippen LogP contribution in [0.4, 0.5) is 11.5 Å². The first-order valence-corrected chi connectivity index (χ1v) is 8.28. The van der Waals surface area contributed by atoms with E-state index < -0.39 is 0 Å². The predicted molar refractivity (Wildman–Crippen MR) is 96.6 cm³/mol. The highest BCUT2D eigenvalue weighted by molar-refractivity contribution is 5.59. The highest BCUT2D eigenvalue weighted by Gasteiger charge is 2.20. The van der Waals surface area contributed by atoms with Crippen LogP contribution in [0.15, 0.2) is 55.4 Å². The molecule has 0 unspecified atom stereocenters. The molecule has 4 rings (SSSR count). The molecule has 3 aromatic rings. The average molecular weight is 336 g/mol. The van der Waals surface area contributed by atoms with Crippen LogP contribution in [0.1, 0.15) is 0 Å². The van der Waals surface area contributed by atoms with E-state index in [0.29, 0.717) is 0 Å². The maximum absolute atomic E-state index is 5.48. The molecule has 7 nitrogen and oxygen atoms in total. The zero-order valence-corrected chi connectivity index (χ0v) is 14.1. The Morgan fingerprint density at radius 1 is 0.960 bits per heavy atom. The van der Waals surface area contributed by atoms with Crippen LogP contribution in [-0.4, -0.2) is 52.8 Å². The number of anilines is 2. The maximum Gasteiger partial charge on any atom is 0.143 e. The molecule has 1 aliphatic rings. The molecule has 2 aromatic heterocycles. The van der Waals surface area contributed by atoms with Crippen molar-refractivity contribution < 1.29 is 4.74 Å². The van der Waals surface area contributed by atoms with Gasteiger partial charge in [0, 0.05) is 44.6 Å². The summed E-state index contributed by atoms with van der Waals surface area (Å²) in [7, 11) is 1.72. The van der Waals surface area contributed by atoms with Gasteiger partial charge in [-0.1, -0.05) is 12.1 Å². The highest BCUT2D eigenvalue weighted by Crippen LogP contribution is 2.29. The first-order valence-electron chi connectivity index (χ1n) is 8.28. The van der Waals surface area contributed by atoms with Crippen molar-refractivity contribution >= 4 is 11.5 Å². The summed E-state index contributed by atoms with van der Waals surface area (Å²) in [6.45, 7) is 3.65. The first-order chi connectivity index (χ1) is 12.3. The standard InChI is InChI=1S/C18H20N6O/c1-25-16-5-3-2-4-15(16)22-8-10-23(11-9-22)17-12-18(21-13-20-17)24-7-6-19-14-24/h2-7,12-14H,8-11H2,1H3. The lowest BCUT2D eigenvalue weighted by molar-refractivity contribution is 0.413. The Balaban J connectivity index is 1.48. The van der Waals surface area contributed by atoms with E-state index in [0.717, 1.165) is 49.3 Å². The molecule has 0 spiro atoms. The molecule has 128 valence electrons. The number of methoxy groups -OCH3 is 1. The minimum atomic E-state index is 0.828. The molecule has 0 N–H and O–H groups in total. The van der Waals surface area contributed by atoms with Gasteiger partial charge < -0.3 is 14.5 Å². The molecule has 1 aliphatic heterocycles. The fraction of sp³-hybridized carbons (Fsp3) is 0.278. The van der Waals surface area contributed by atoms with E-state index in [1.165, 1.54) is 0 Å². The van der Waals surface area contributed by atoms with Crippen molar-refractivity contribution in [3.8, 4) is 11.6 Å². The monoisotopic (exact) mass is 336 g/mol. The number of benzene rings is 1. The number of nitrogens with zero attached hydrogens (tertiary/aromatic N) is 6. The summed E-state index contributed by atoms with van der Waals surface area (Å²) in [6, 6.07) is 10.2. The smallest absolute Gasteiger partial charge is 0.143 e. The molecule has 0 saturated carbocycles. The molecule has 0 amide bonds. The van der Waals surface area contributed by atoms with E-state index in [-0.39, 0.29) is 0 Å². The van der Waals surface area contributed by atoms with Gasteiger partial charge in [0.15, 0.2) is 0 Å². The molecule has 1 saturated heterocycles. The van der Waals surface area contributed by atoms with Gasteiger partial charge in [0.1, 0.15) is 30.0 Å². The Bertz CT molecular complexity index is 827. The molecule has 0 bridgehead atoms. The maximum atomic E-state index is 5.48. The molecular weight excluding hydrogens is 316 g/mol. The van der Waals surface area contributed by atoms with Crippen molar-refractivity contribution in [3.05, 3.63) is 55.4 Å². The van der Waals surface area contributed by atoms with Crippen molar-refractivity contribution in [1.29, 1.82) is 0 Å². The predicted octanol–water partition coefficient (Wildman–Crippen LogP) is 2.00. The van der Waals surface area contributed by atoms with Crippen LogP contribution in [0, 0.1) is 0 Å². The SMILES string of the molecule is COc1ccccc1N1CCN(c2cc(-n3ccnc3)ncn2)CC1. The fourth-order valence-electron chi connectivity index (χ4n) is 3.11. The Hall–Kier alpha value is -3.09. The van der Waals surface area contributed by atoms with Gasteiger partial charge in [0.05, 0.1) is 12.8 Å². The summed E-state index contributed by atoms with van der Waals surface area (Å²) >= 11 is 0. The molecule has 0 radical (unpaired) electrons. The summed E-state index contributed by atoms with van der Waals surface area (Å²) in [5, 5.41) is 0. The van der Waals surface area contributed by atoms with Crippen LogP contribution in [0.5, 0.6) is 5.75 Å². The van der Waals surface area contributed by atoms with Gasteiger partial charge in [-0.3, -0.25) is 4.57 Å². The number of imidazole rings is 1. The number of hydrogen-bond acceptors (Lipinski definition) is 6. The van der Waals surface area contributed by atoms with Crippen molar-refractivity contribution in [1.82, 2.24) is 19.5 Å². The van der Waals surface area contributed by atoms with E-state index in [1.807, 2.05) is 35.0 Å². The average Bonchev–Trinajstić information content (AvgIpc) is 3.23. The second-order valence-electron chi connectivity index (χ2n) is 5.85. The van der Waals surface area contributed by atoms with Crippen LogP contribution in [0.25, 0.3) is 5.82 Å². The third-order valence-corrected chi connectivity index (χ3v) is 4.44. The van der Waals surface area contributed by atoms with Crippen LogP contribution >= 0.6 is 0 Å². The van der Waals surface area contributed by atoms with Gasteiger partial charge in [0.2, 0.25) is 0 Å². The molecule has 25 heavy (non-hydrogen) atoms. The highest BCUT2D eigenvalue weighted by atomic mass is 16.5. The van der Waals surface area contributed by atoms with Crippen LogP contribution < -0.4 is 14.5 Å². The van der Waals surface area contributed by atoms with Gasteiger partial charge in [-0.25, -0.2) is 15.0 Å². The lowest BCUT2D eigenvalue weighted by atomic mass is 10.2. The second kappa shape index (κ2) is 6.80. The quantitative estimate of drug-likeness (QED) is 0.726. The molecule has 0 atom stereocenters. The van der Waals surface area contributed by atoms with E-state index >= 15 is 0 Å². The van der Waals surface area contributed by atoms with Crippen molar-refractivity contribution in [3.63, 3.8) is 0 Å². The van der Waals surface area contributed by atoms with Gasteiger partial charge in [-0.15, -0.1) is 0 Å². The lowest BCUT2D eigenvalue weighted by Crippen LogP contribution is -2.47. The molecule has 1 fully saturated rings. The Kier molecular flexibility index (Phi) is 4.20. The van der Waals surface area contributed by atoms with E-state index in [2.05, 4.69) is 30.8 Å². The number of aromatic nitrogens is 4. The lowest BCUT2D eigenvalue weighted by Gasteiger charge is -2.37. The summed E-state index contributed by atoms with van der Waals surface area (Å²) < 4.78 is 7.37. The number of rotatable bonds is 4. The zero-order chi connectivity index (χ0) is 17.1. The number of hydrogen-bond donors (Lipinski definition) is 0. The summed E-state index contributed by atoms with van der Waals surface area (Å²) in [6.07, 6.45) is 6.97.